The number of carbonyl (C=O) groups is 1. The van der Waals surface area contributed by atoms with Crippen molar-refractivity contribution < 1.29 is 4.79 Å². The first kappa shape index (κ1) is 18.9. The molecule has 1 N–H and O–H groups in total. The van der Waals surface area contributed by atoms with Gasteiger partial charge in [-0.25, -0.2) is 18.9 Å². The van der Waals surface area contributed by atoms with Crippen LogP contribution in [0.3, 0.4) is 0 Å². The summed E-state index contributed by atoms with van der Waals surface area (Å²) < 4.78 is 2.49. The average Bonchev–Trinajstić information content (AvgIpc) is 3.03. The second-order valence-electron chi connectivity index (χ2n) is 6.57. The van der Waals surface area contributed by atoms with Crippen molar-refractivity contribution in [2.45, 2.75) is 29.9 Å². The Morgan fingerprint density at radius 3 is 2.62 bits per heavy atom. The number of benzene rings is 2. The molecule has 2 aromatic heterocycles. The Bertz CT molecular complexity index is 1200. The lowest BCUT2D eigenvalue weighted by atomic mass is 10.1. The number of amides is 1. The maximum Gasteiger partial charge on any atom is 0.352 e. The van der Waals surface area contributed by atoms with Crippen LogP contribution >= 0.6 is 11.8 Å². The van der Waals surface area contributed by atoms with Crippen molar-refractivity contribution in [1.82, 2.24) is 24.5 Å². The molecule has 0 atom stereocenters. The van der Waals surface area contributed by atoms with Gasteiger partial charge in [-0.05, 0) is 24.6 Å². The van der Waals surface area contributed by atoms with Crippen molar-refractivity contribution in [2.24, 2.45) is 0 Å². The summed E-state index contributed by atoms with van der Waals surface area (Å²) in [5, 5.41) is 7.82. The number of nitrogens with zero attached hydrogens (tertiary/aromatic N) is 4. The lowest BCUT2D eigenvalue weighted by Crippen LogP contribution is -2.32. The van der Waals surface area contributed by atoms with Crippen LogP contribution in [-0.4, -0.2) is 25.1 Å². The monoisotopic (exact) mass is 405 g/mol. The number of aryl methyl sites for hydroxylation is 1. The van der Waals surface area contributed by atoms with Crippen LogP contribution in [0.1, 0.15) is 11.1 Å². The van der Waals surface area contributed by atoms with Crippen LogP contribution in [-0.2, 0) is 17.9 Å². The standard InChI is InChI=1S/C21H19N5O2S/c1-15-7-9-16(10-8-15)12-22-19(27)13-26-21(28)25-14-23-20(11-18(25)24-26)29-17-5-3-2-4-6-17/h2-11,14H,12-13H2,1H3,(H,22,27). The first-order valence-corrected chi connectivity index (χ1v) is 9.90. The summed E-state index contributed by atoms with van der Waals surface area (Å²) in [6, 6.07) is 19.5. The molecule has 29 heavy (non-hydrogen) atoms. The molecule has 0 spiro atoms. The Hall–Kier alpha value is -3.39. The van der Waals surface area contributed by atoms with Gasteiger partial charge < -0.3 is 5.32 Å². The lowest BCUT2D eigenvalue weighted by molar-refractivity contribution is -0.122. The van der Waals surface area contributed by atoms with Crippen LogP contribution in [0.25, 0.3) is 5.65 Å². The fraction of sp³-hybridized carbons (Fsp3) is 0.143. The van der Waals surface area contributed by atoms with Crippen LogP contribution in [0.5, 0.6) is 0 Å². The van der Waals surface area contributed by atoms with E-state index in [1.807, 2.05) is 61.5 Å². The number of rotatable bonds is 6. The molecule has 0 unspecified atom stereocenters. The highest BCUT2D eigenvalue weighted by atomic mass is 32.2. The molecule has 0 aliphatic heterocycles. The summed E-state index contributed by atoms with van der Waals surface area (Å²) >= 11 is 1.48. The number of nitrogens with one attached hydrogen (secondary N) is 1. The fourth-order valence-electron chi connectivity index (χ4n) is 2.77. The van der Waals surface area contributed by atoms with Gasteiger partial charge in [0.15, 0.2) is 5.65 Å². The summed E-state index contributed by atoms with van der Waals surface area (Å²) in [6.07, 6.45) is 1.44. The average molecular weight is 405 g/mol. The van der Waals surface area contributed by atoms with Gasteiger partial charge in [-0.2, -0.15) is 0 Å². The number of hydrogen-bond donors (Lipinski definition) is 1. The van der Waals surface area contributed by atoms with Crippen molar-refractivity contribution in [3.05, 3.63) is 88.6 Å². The van der Waals surface area contributed by atoms with Gasteiger partial charge in [0.2, 0.25) is 5.91 Å². The molecule has 0 saturated heterocycles. The molecule has 146 valence electrons. The van der Waals surface area contributed by atoms with E-state index in [0.717, 1.165) is 25.7 Å². The number of aromatic nitrogens is 4. The van der Waals surface area contributed by atoms with Crippen molar-refractivity contribution >= 4 is 23.3 Å². The van der Waals surface area contributed by atoms with E-state index >= 15 is 0 Å². The zero-order chi connectivity index (χ0) is 20.2. The maximum atomic E-state index is 12.5. The van der Waals surface area contributed by atoms with Gasteiger partial charge in [-0.3, -0.25) is 4.79 Å². The van der Waals surface area contributed by atoms with E-state index in [9.17, 15) is 9.59 Å². The lowest BCUT2D eigenvalue weighted by Gasteiger charge is -2.05. The highest BCUT2D eigenvalue weighted by molar-refractivity contribution is 7.99. The summed E-state index contributed by atoms with van der Waals surface area (Å²) in [4.78, 5) is 30.1. The van der Waals surface area contributed by atoms with Gasteiger partial charge in [0.1, 0.15) is 17.9 Å². The molecule has 4 aromatic rings. The Morgan fingerprint density at radius 1 is 1.10 bits per heavy atom. The topological polar surface area (TPSA) is 81.3 Å². The number of hydrogen-bond acceptors (Lipinski definition) is 5. The highest BCUT2D eigenvalue weighted by Crippen LogP contribution is 2.25. The van der Waals surface area contributed by atoms with E-state index in [4.69, 9.17) is 0 Å². The molecule has 0 radical (unpaired) electrons. The minimum Gasteiger partial charge on any atom is -0.350 e. The van der Waals surface area contributed by atoms with Crippen molar-refractivity contribution in [3.8, 4) is 0 Å². The molecule has 8 heteroatoms. The van der Waals surface area contributed by atoms with Gasteiger partial charge >= 0.3 is 5.69 Å². The second-order valence-corrected chi connectivity index (χ2v) is 7.67. The molecule has 1 amide bonds. The summed E-state index contributed by atoms with van der Waals surface area (Å²) in [5.74, 6) is -0.275. The second kappa shape index (κ2) is 8.32. The zero-order valence-corrected chi connectivity index (χ0v) is 16.6. The maximum absolute atomic E-state index is 12.5. The first-order chi connectivity index (χ1) is 14.1. The smallest absolute Gasteiger partial charge is 0.350 e. The first-order valence-electron chi connectivity index (χ1n) is 9.09. The number of fused-ring (bicyclic) bond motifs is 1. The molecular formula is C21H19N5O2S. The van der Waals surface area contributed by atoms with Crippen LogP contribution in [0, 0.1) is 6.92 Å². The predicted octanol–water partition coefficient (Wildman–Crippen LogP) is 2.67. The van der Waals surface area contributed by atoms with Gasteiger partial charge in [-0.15, -0.1) is 5.10 Å². The molecule has 0 aliphatic rings. The van der Waals surface area contributed by atoms with E-state index in [1.165, 1.54) is 22.5 Å². The van der Waals surface area contributed by atoms with Crippen LogP contribution < -0.4 is 11.0 Å². The van der Waals surface area contributed by atoms with E-state index in [0.29, 0.717) is 12.2 Å². The quantitative estimate of drug-likeness (QED) is 0.499. The molecule has 7 nitrogen and oxygen atoms in total. The Morgan fingerprint density at radius 2 is 1.86 bits per heavy atom. The Labute approximate surface area is 171 Å². The van der Waals surface area contributed by atoms with Gasteiger partial charge in [-0.1, -0.05) is 59.8 Å². The summed E-state index contributed by atoms with van der Waals surface area (Å²) in [7, 11) is 0. The minimum absolute atomic E-state index is 0.145. The molecule has 2 heterocycles. The molecule has 0 fully saturated rings. The van der Waals surface area contributed by atoms with Crippen molar-refractivity contribution in [3.63, 3.8) is 0 Å². The van der Waals surface area contributed by atoms with Crippen LogP contribution in [0.2, 0.25) is 0 Å². The van der Waals surface area contributed by atoms with Crippen LogP contribution in [0.4, 0.5) is 0 Å². The van der Waals surface area contributed by atoms with Gasteiger partial charge in [0.25, 0.3) is 0 Å². The van der Waals surface area contributed by atoms with E-state index in [-0.39, 0.29) is 12.5 Å². The predicted molar refractivity (Wildman–Crippen MR) is 111 cm³/mol. The molecule has 0 bridgehead atoms. The highest BCUT2D eigenvalue weighted by Gasteiger charge is 2.12. The van der Waals surface area contributed by atoms with Gasteiger partial charge in [0.05, 0.1) is 0 Å². The Kier molecular flexibility index (Phi) is 5.44. The van der Waals surface area contributed by atoms with E-state index in [1.54, 1.807) is 6.07 Å². The third-order valence-electron chi connectivity index (χ3n) is 4.32. The molecular weight excluding hydrogens is 386 g/mol. The third-order valence-corrected chi connectivity index (χ3v) is 5.26. The third kappa shape index (κ3) is 4.55. The fourth-order valence-corrected chi connectivity index (χ4v) is 3.57. The zero-order valence-electron chi connectivity index (χ0n) is 15.8. The Balaban J connectivity index is 1.45. The largest absolute Gasteiger partial charge is 0.352 e. The summed E-state index contributed by atoms with van der Waals surface area (Å²) in [5.41, 5.74) is 2.22. The van der Waals surface area contributed by atoms with Crippen LogP contribution in [0.15, 0.2) is 81.7 Å². The van der Waals surface area contributed by atoms with Crippen molar-refractivity contribution in [1.29, 1.82) is 0 Å². The number of carbonyl (C=O) groups excluding carboxylic acids is 1. The van der Waals surface area contributed by atoms with Gasteiger partial charge in [0, 0.05) is 17.5 Å². The normalized spacial score (nSPS) is 10.9. The SMILES string of the molecule is Cc1ccc(CNC(=O)Cn2nc3cc(Sc4ccccc4)ncn3c2=O)cc1. The molecule has 2 aromatic carbocycles. The molecule has 0 saturated carbocycles. The molecule has 4 rings (SSSR count). The minimum atomic E-state index is -0.394. The summed E-state index contributed by atoms with van der Waals surface area (Å²) in [6.45, 7) is 2.27. The molecule has 0 aliphatic carbocycles. The van der Waals surface area contributed by atoms with E-state index in [2.05, 4.69) is 15.4 Å². The van der Waals surface area contributed by atoms with Crippen molar-refractivity contribution in [2.75, 3.05) is 0 Å². The van der Waals surface area contributed by atoms with E-state index < -0.39 is 5.69 Å².